The number of piperazine rings is 1. The Morgan fingerprint density at radius 3 is 2.26 bits per heavy atom. The van der Waals surface area contributed by atoms with Gasteiger partial charge in [0.1, 0.15) is 6.04 Å². The van der Waals surface area contributed by atoms with Crippen molar-refractivity contribution in [1.82, 2.24) is 15.1 Å². The van der Waals surface area contributed by atoms with Crippen LogP contribution < -0.4 is 15.1 Å². The molecule has 43 heavy (non-hydrogen) atoms. The number of nitrogens with zero attached hydrogens (tertiary/aromatic N) is 5. The highest BCUT2D eigenvalue weighted by Gasteiger charge is 2.43. The van der Waals surface area contributed by atoms with Gasteiger partial charge in [0.15, 0.2) is 0 Å². The van der Waals surface area contributed by atoms with Gasteiger partial charge in [-0.1, -0.05) is 6.07 Å². The van der Waals surface area contributed by atoms with Gasteiger partial charge in [0.05, 0.1) is 4.92 Å². The number of carbonyl (C=O) groups excluding carboxylic acids is 3. The molecule has 1 N–H and O–H groups in total. The quantitative estimate of drug-likeness (QED) is 0.322. The predicted octanol–water partition coefficient (Wildman–Crippen LogP) is 3.32. The van der Waals surface area contributed by atoms with Crippen LogP contribution in [0.3, 0.4) is 0 Å². The van der Waals surface area contributed by atoms with Gasteiger partial charge in [-0.05, 0) is 73.8 Å². The van der Waals surface area contributed by atoms with E-state index in [2.05, 4.69) is 26.1 Å². The maximum absolute atomic E-state index is 13.3. The number of rotatable bonds is 5. The van der Waals surface area contributed by atoms with E-state index in [0.29, 0.717) is 30.0 Å². The first-order valence-electron chi connectivity index (χ1n) is 15.5. The number of amides is 3. The average Bonchev–Trinajstić information content (AvgIpc) is 3.58. The van der Waals surface area contributed by atoms with Gasteiger partial charge in [-0.3, -0.25) is 34.7 Å². The maximum Gasteiger partial charge on any atom is 0.269 e. The fourth-order valence-electron chi connectivity index (χ4n) is 8.01. The Bertz CT molecular complexity index is 1440. The van der Waals surface area contributed by atoms with Gasteiger partial charge >= 0.3 is 0 Å². The van der Waals surface area contributed by atoms with Crippen LogP contribution in [0.15, 0.2) is 42.5 Å². The van der Waals surface area contributed by atoms with Gasteiger partial charge in [0.2, 0.25) is 11.8 Å². The van der Waals surface area contributed by atoms with Gasteiger partial charge < -0.3 is 14.7 Å². The second-order valence-electron chi connectivity index (χ2n) is 12.9. The molecule has 4 aliphatic heterocycles. The van der Waals surface area contributed by atoms with Gasteiger partial charge in [-0.15, -0.1) is 0 Å². The van der Waals surface area contributed by atoms with Crippen molar-refractivity contribution in [2.24, 2.45) is 5.41 Å². The number of imide groups is 1. The molecule has 1 atom stereocenters. The van der Waals surface area contributed by atoms with E-state index in [9.17, 15) is 24.5 Å². The van der Waals surface area contributed by atoms with E-state index in [1.807, 2.05) is 24.3 Å². The number of benzene rings is 2. The first kappa shape index (κ1) is 27.8. The van der Waals surface area contributed by atoms with Crippen LogP contribution in [0.1, 0.15) is 60.9 Å². The molecule has 1 unspecified atom stereocenters. The van der Waals surface area contributed by atoms with Crippen molar-refractivity contribution in [3.63, 3.8) is 0 Å². The molecule has 226 valence electrons. The molecule has 3 saturated heterocycles. The van der Waals surface area contributed by atoms with Crippen molar-refractivity contribution in [2.45, 2.75) is 63.6 Å². The fraction of sp³-hybridized carbons (Fsp3) is 0.531. The Labute approximate surface area is 250 Å². The van der Waals surface area contributed by atoms with Gasteiger partial charge in [0, 0.05) is 87.3 Å². The first-order chi connectivity index (χ1) is 20.8. The molecule has 0 bridgehead atoms. The number of piperidine rings is 1. The minimum absolute atomic E-state index is 0.116. The molecule has 4 fully saturated rings. The van der Waals surface area contributed by atoms with Crippen LogP contribution in [-0.4, -0.2) is 83.8 Å². The SMILES string of the molecule is O=C1CCC(N2Cc3ccc(N4CCC5(CCC(N6CCN(c7ccc([N+](=O)[O-])cc7)CC6)CC5)C4)cc3C2=O)C(=O)N1. The molecule has 1 saturated carbocycles. The van der Waals surface area contributed by atoms with Gasteiger partial charge in [0.25, 0.3) is 11.6 Å². The third-order valence-electron chi connectivity index (χ3n) is 10.6. The molecular weight excluding hydrogens is 548 g/mol. The summed E-state index contributed by atoms with van der Waals surface area (Å²) in [6.07, 6.45) is 6.64. The van der Waals surface area contributed by atoms with Crippen molar-refractivity contribution < 1.29 is 19.3 Å². The van der Waals surface area contributed by atoms with E-state index < -0.39 is 6.04 Å². The largest absolute Gasteiger partial charge is 0.371 e. The summed E-state index contributed by atoms with van der Waals surface area (Å²) < 4.78 is 0. The van der Waals surface area contributed by atoms with E-state index in [-0.39, 0.29) is 34.8 Å². The normalized spacial score (nSPS) is 28.0. The average molecular weight is 587 g/mol. The maximum atomic E-state index is 13.3. The standard InChI is InChI=1S/C32H38N6O5/c39-29-8-7-28(30(40)33-29)37-20-22-1-2-26(19-27(22)31(37)41)36-14-13-32(21-36)11-9-24(10-12-32)35-17-15-34(16-18-35)23-3-5-25(6-4-23)38(42)43/h1-6,19,24,28H,7-18,20-21H2,(H,33,39,40). The second-order valence-corrected chi connectivity index (χ2v) is 12.9. The van der Waals surface area contributed by atoms with Gasteiger partial charge in [-0.25, -0.2) is 0 Å². The fourth-order valence-corrected chi connectivity index (χ4v) is 8.01. The number of nitro benzene ring substituents is 1. The Kier molecular flexibility index (Phi) is 7.07. The lowest BCUT2D eigenvalue weighted by atomic mass is 9.71. The topological polar surface area (TPSA) is 119 Å². The third kappa shape index (κ3) is 5.24. The lowest BCUT2D eigenvalue weighted by Gasteiger charge is -2.45. The zero-order valence-corrected chi connectivity index (χ0v) is 24.4. The molecule has 1 spiro atoms. The van der Waals surface area contributed by atoms with E-state index in [1.165, 1.54) is 32.1 Å². The molecule has 4 heterocycles. The summed E-state index contributed by atoms with van der Waals surface area (Å²) in [7, 11) is 0. The number of non-ortho nitro benzene ring substituents is 1. The summed E-state index contributed by atoms with van der Waals surface area (Å²) in [4.78, 5) is 56.9. The Balaban J connectivity index is 0.925. The number of nitrogens with one attached hydrogen (secondary N) is 1. The predicted molar refractivity (Wildman–Crippen MR) is 161 cm³/mol. The van der Waals surface area contributed by atoms with Crippen LogP contribution in [0, 0.1) is 15.5 Å². The van der Waals surface area contributed by atoms with Crippen molar-refractivity contribution in [1.29, 1.82) is 0 Å². The molecule has 7 rings (SSSR count). The molecule has 11 nitrogen and oxygen atoms in total. The lowest BCUT2D eigenvalue weighted by molar-refractivity contribution is -0.384. The number of anilines is 2. The Morgan fingerprint density at radius 1 is 0.837 bits per heavy atom. The summed E-state index contributed by atoms with van der Waals surface area (Å²) >= 11 is 0. The number of hydrogen-bond donors (Lipinski definition) is 1. The lowest BCUT2D eigenvalue weighted by Crippen LogP contribution is -2.52. The summed E-state index contributed by atoms with van der Waals surface area (Å²) in [5.74, 6) is -0.762. The molecule has 5 aliphatic rings. The molecule has 2 aromatic rings. The van der Waals surface area contributed by atoms with Crippen LogP contribution in [0.5, 0.6) is 0 Å². The highest BCUT2D eigenvalue weighted by Crippen LogP contribution is 2.46. The molecule has 1 aliphatic carbocycles. The monoisotopic (exact) mass is 586 g/mol. The number of hydrogen-bond acceptors (Lipinski definition) is 8. The van der Waals surface area contributed by atoms with E-state index in [0.717, 1.165) is 56.2 Å². The number of nitro groups is 1. The molecule has 11 heteroatoms. The van der Waals surface area contributed by atoms with Crippen LogP contribution >= 0.6 is 0 Å². The van der Waals surface area contributed by atoms with Crippen LogP contribution in [0.2, 0.25) is 0 Å². The summed E-state index contributed by atoms with van der Waals surface area (Å²) in [5.41, 5.74) is 4.21. The molecule has 3 amide bonds. The molecule has 2 aromatic carbocycles. The molecular formula is C32H38N6O5. The van der Waals surface area contributed by atoms with E-state index >= 15 is 0 Å². The second kappa shape index (κ2) is 10.9. The van der Waals surface area contributed by atoms with Crippen molar-refractivity contribution >= 4 is 34.8 Å². The first-order valence-corrected chi connectivity index (χ1v) is 15.5. The van der Waals surface area contributed by atoms with E-state index in [1.54, 1.807) is 17.0 Å². The van der Waals surface area contributed by atoms with Crippen LogP contribution in [0.25, 0.3) is 0 Å². The smallest absolute Gasteiger partial charge is 0.269 e. The number of fused-ring (bicyclic) bond motifs is 1. The summed E-state index contributed by atoms with van der Waals surface area (Å²) in [5, 5.41) is 13.3. The molecule has 0 radical (unpaired) electrons. The van der Waals surface area contributed by atoms with Crippen molar-refractivity contribution in [2.75, 3.05) is 49.1 Å². The van der Waals surface area contributed by atoms with Crippen molar-refractivity contribution in [3.8, 4) is 0 Å². The minimum atomic E-state index is -0.586. The summed E-state index contributed by atoms with van der Waals surface area (Å²) in [6, 6.07) is 13.1. The number of carbonyl (C=O) groups is 3. The van der Waals surface area contributed by atoms with E-state index in [4.69, 9.17) is 0 Å². The zero-order chi connectivity index (χ0) is 29.7. The van der Waals surface area contributed by atoms with Crippen LogP contribution in [0.4, 0.5) is 17.1 Å². The van der Waals surface area contributed by atoms with Crippen molar-refractivity contribution in [3.05, 3.63) is 63.7 Å². The van der Waals surface area contributed by atoms with Gasteiger partial charge in [-0.2, -0.15) is 0 Å². The summed E-state index contributed by atoms with van der Waals surface area (Å²) in [6.45, 7) is 6.31. The zero-order valence-electron chi connectivity index (χ0n) is 24.4. The highest BCUT2D eigenvalue weighted by molar-refractivity contribution is 6.05. The third-order valence-corrected chi connectivity index (χ3v) is 10.6. The Hall–Kier alpha value is -3.99. The van der Waals surface area contributed by atoms with Crippen LogP contribution in [-0.2, 0) is 16.1 Å². The highest BCUT2D eigenvalue weighted by atomic mass is 16.6. The molecule has 0 aromatic heterocycles. The minimum Gasteiger partial charge on any atom is -0.371 e. The Morgan fingerprint density at radius 2 is 1.56 bits per heavy atom.